The molecule has 0 aromatic carbocycles. The van der Waals surface area contributed by atoms with Gasteiger partial charge in [-0.2, -0.15) is 0 Å². The molecule has 0 spiro atoms. The highest BCUT2D eigenvalue weighted by Crippen LogP contribution is 2.14. The fourth-order valence-electron chi connectivity index (χ4n) is 0.861. The molecule has 0 N–H and O–H groups in total. The van der Waals surface area contributed by atoms with Crippen LogP contribution in [0.25, 0.3) is 0 Å². The van der Waals surface area contributed by atoms with E-state index in [1.807, 2.05) is 13.8 Å². The van der Waals surface area contributed by atoms with Crippen molar-refractivity contribution in [2.24, 2.45) is 0 Å². The first-order chi connectivity index (χ1) is 4.96. The molecular weight excluding hydrogens is 160 g/mol. The predicted octanol–water partition coefficient (Wildman–Crippen LogP) is 2.00. The Labute approximate surface area is 69.9 Å². The molecule has 11 heavy (non-hydrogen) atoms. The fourth-order valence-corrected chi connectivity index (χ4v) is 2.58. The van der Waals surface area contributed by atoms with Crippen LogP contribution in [0.3, 0.4) is 0 Å². The third kappa shape index (κ3) is 2.47. The molecule has 0 rings (SSSR count). The van der Waals surface area contributed by atoms with Crippen LogP contribution in [0.15, 0.2) is 0 Å². The van der Waals surface area contributed by atoms with E-state index in [1.165, 1.54) is 0 Å². The summed E-state index contributed by atoms with van der Waals surface area (Å²) in [6.45, 7) is 7.37. The van der Waals surface area contributed by atoms with Crippen molar-refractivity contribution in [2.75, 3.05) is 0 Å². The molecule has 0 aromatic rings. The molecule has 0 amide bonds. The number of rotatable bonds is 4. The Morgan fingerprint density at radius 2 is 1.27 bits per heavy atom. The highest BCUT2D eigenvalue weighted by Gasteiger charge is 2.24. The molecule has 0 aliphatic rings. The zero-order valence-corrected chi connectivity index (χ0v) is 8.61. The molecule has 3 heteroatoms. The lowest BCUT2D eigenvalue weighted by Crippen LogP contribution is -2.26. The Kier molecular flexibility index (Phi) is 4.08. The lowest BCUT2D eigenvalue weighted by atomic mass is 10.4. The molecule has 2 unspecified atom stereocenters. The molecule has 0 fully saturated rings. The average Bonchev–Trinajstić information content (AvgIpc) is 2.01. The monoisotopic (exact) mass is 178 g/mol. The zero-order chi connectivity index (χ0) is 9.07. The van der Waals surface area contributed by atoms with Gasteiger partial charge in [0.2, 0.25) is 0 Å². The van der Waals surface area contributed by atoms with Gasteiger partial charge in [0.05, 0.1) is 10.5 Å². The first kappa shape index (κ1) is 11.0. The summed E-state index contributed by atoms with van der Waals surface area (Å²) < 4.78 is 23.0. The summed E-state index contributed by atoms with van der Waals surface area (Å²) in [4.78, 5) is 0. The van der Waals surface area contributed by atoms with Gasteiger partial charge in [-0.3, -0.25) is 0 Å². The average molecular weight is 178 g/mol. The van der Waals surface area contributed by atoms with Crippen molar-refractivity contribution in [3.8, 4) is 0 Å². The fraction of sp³-hybridized carbons (Fsp3) is 1.00. The van der Waals surface area contributed by atoms with Crippen molar-refractivity contribution >= 4 is 9.84 Å². The summed E-state index contributed by atoms with van der Waals surface area (Å²) in [5.74, 6) is 0. The van der Waals surface area contributed by atoms with Gasteiger partial charge in [0.25, 0.3) is 0 Å². The lowest BCUT2D eigenvalue weighted by molar-refractivity contribution is 0.565. The van der Waals surface area contributed by atoms with Gasteiger partial charge >= 0.3 is 0 Å². The van der Waals surface area contributed by atoms with E-state index in [4.69, 9.17) is 0 Å². The maximum atomic E-state index is 11.5. The summed E-state index contributed by atoms with van der Waals surface area (Å²) in [6.07, 6.45) is 1.43. The third-order valence-corrected chi connectivity index (χ3v) is 5.18. The summed E-state index contributed by atoms with van der Waals surface area (Å²) in [7, 11) is -2.84. The van der Waals surface area contributed by atoms with Gasteiger partial charge in [0.1, 0.15) is 0 Å². The first-order valence-corrected chi connectivity index (χ1v) is 5.80. The smallest absolute Gasteiger partial charge is 0.155 e. The lowest BCUT2D eigenvalue weighted by Gasteiger charge is -2.15. The number of hydrogen-bond donors (Lipinski definition) is 0. The summed E-state index contributed by atoms with van der Waals surface area (Å²) in [5, 5.41) is -0.366. The highest BCUT2D eigenvalue weighted by molar-refractivity contribution is 7.92. The normalized spacial score (nSPS) is 17.8. The van der Waals surface area contributed by atoms with Gasteiger partial charge in [0, 0.05) is 0 Å². The minimum absolute atomic E-state index is 0.183. The molecule has 68 valence electrons. The van der Waals surface area contributed by atoms with Gasteiger partial charge in [-0.1, -0.05) is 13.8 Å². The van der Waals surface area contributed by atoms with E-state index < -0.39 is 9.84 Å². The Bertz CT molecular complexity index is 178. The molecule has 0 aliphatic heterocycles. The van der Waals surface area contributed by atoms with Crippen LogP contribution in [-0.4, -0.2) is 18.9 Å². The minimum Gasteiger partial charge on any atom is -0.228 e. The number of hydrogen-bond acceptors (Lipinski definition) is 2. The molecular formula is C8H18O2S. The summed E-state index contributed by atoms with van der Waals surface area (Å²) >= 11 is 0. The third-order valence-electron chi connectivity index (χ3n) is 2.27. The van der Waals surface area contributed by atoms with Crippen molar-refractivity contribution in [2.45, 2.75) is 51.0 Å². The second-order valence-electron chi connectivity index (χ2n) is 3.03. The van der Waals surface area contributed by atoms with Gasteiger partial charge < -0.3 is 0 Å². The second-order valence-corrected chi connectivity index (χ2v) is 5.81. The molecule has 2 nitrogen and oxygen atoms in total. The van der Waals surface area contributed by atoms with Crippen LogP contribution in [0.4, 0.5) is 0 Å². The van der Waals surface area contributed by atoms with Crippen LogP contribution in [-0.2, 0) is 9.84 Å². The molecule has 0 radical (unpaired) electrons. The van der Waals surface area contributed by atoms with E-state index >= 15 is 0 Å². The summed E-state index contributed by atoms with van der Waals surface area (Å²) in [6, 6.07) is 0. The Hall–Kier alpha value is -0.0500. The molecule has 0 aromatic heterocycles. The number of sulfone groups is 1. The Balaban J connectivity index is 4.46. The minimum atomic E-state index is -2.84. The van der Waals surface area contributed by atoms with Gasteiger partial charge in [-0.05, 0) is 26.7 Å². The Morgan fingerprint density at radius 3 is 1.45 bits per heavy atom. The largest absolute Gasteiger partial charge is 0.228 e. The SMILES string of the molecule is CCC(C)S(=O)(=O)C(C)CC. The van der Waals surface area contributed by atoms with E-state index in [1.54, 1.807) is 13.8 Å². The molecule has 2 atom stereocenters. The van der Waals surface area contributed by atoms with Crippen LogP contribution < -0.4 is 0 Å². The van der Waals surface area contributed by atoms with Crippen LogP contribution in [0, 0.1) is 0 Å². The van der Waals surface area contributed by atoms with E-state index in [9.17, 15) is 8.42 Å². The molecule has 0 saturated carbocycles. The predicted molar refractivity (Wildman–Crippen MR) is 48.4 cm³/mol. The maximum absolute atomic E-state index is 11.5. The first-order valence-electron chi connectivity index (χ1n) is 4.19. The molecule has 0 heterocycles. The molecule has 0 saturated heterocycles. The Morgan fingerprint density at radius 1 is 1.00 bits per heavy atom. The van der Waals surface area contributed by atoms with Crippen molar-refractivity contribution < 1.29 is 8.42 Å². The van der Waals surface area contributed by atoms with Crippen molar-refractivity contribution in [1.29, 1.82) is 0 Å². The second kappa shape index (κ2) is 4.10. The maximum Gasteiger partial charge on any atom is 0.155 e. The standard InChI is InChI=1S/C8H18O2S/c1-5-7(3)11(9,10)8(4)6-2/h7-8H,5-6H2,1-4H3. The van der Waals surface area contributed by atoms with Crippen molar-refractivity contribution in [3.05, 3.63) is 0 Å². The van der Waals surface area contributed by atoms with Crippen LogP contribution in [0.1, 0.15) is 40.5 Å². The van der Waals surface area contributed by atoms with Crippen molar-refractivity contribution in [1.82, 2.24) is 0 Å². The van der Waals surface area contributed by atoms with Crippen LogP contribution in [0.2, 0.25) is 0 Å². The summed E-state index contributed by atoms with van der Waals surface area (Å²) in [5.41, 5.74) is 0. The van der Waals surface area contributed by atoms with Gasteiger partial charge in [-0.15, -0.1) is 0 Å². The quantitative estimate of drug-likeness (QED) is 0.660. The zero-order valence-electron chi connectivity index (χ0n) is 7.79. The van der Waals surface area contributed by atoms with E-state index in [2.05, 4.69) is 0 Å². The highest BCUT2D eigenvalue weighted by atomic mass is 32.2. The van der Waals surface area contributed by atoms with E-state index in [0.29, 0.717) is 12.8 Å². The van der Waals surface area contributed by atoms with Gasteiger partial charge in [-0.25, -0.2) is 8.42 Å². The topological polar surface area (TPSA) is 34.1 Å². The molecule has 0 aliphatic carbocycles. The van der Waals surface area contributed by atoms with E-state index in [-0.39, 0.29) is 10.5 Å². The van der Waals surface area contributed by atoms with Crippen molar-refractivity contribution in [3.63, 3.8) is 0 Å². The van der Waals surface area contributed by atoms with Crippen LogP contribution in [0.5, 0.6) is 0 Å². The van der Waals surface area contributed by atoms with Crippen LogP contribution >= 0.6 is 0 Å². The van der Waals surface area contributed by atoms with Gasteiger partial charge in [0.15, 0.2) is 9.84 Å². The van der Waals surface area contributed by atoms with E-state index in [0.717, 1.165) is 0 Å². The molecule has 0 bridgehead atoms.